The van der Waals surface area contributed by atoms with Gasteiger partial charge in [0, 0.05) is 18.8 Å². The van der Waals surface area contributed by atoms with Gasteiger partial charge >= 0.3 is 15.2 Å². The van der Waals surface area contributed by atoms with Crippen LogP contribution in [0.15, 0.2) is 72.8 Å². The molecule has 15 heteroatoms. The molecular weight excluding hydrogens is 636 g/mol. The van der Waals surface area contributed by atoms with E-state index in [-0.39, 0.29) is 42.3 Å². The number of carbonyl (C=O) groups is 3. The van der Waals surface area contributed by atoms with Gasteiger partial charge in [-0.3, -0.25) is 23.5 Å². The van der Waals surface area contributed by atoms with Gasteiger partial charge in [-0.25, -0.2) is 0 Å². The normalized spacial score (nSPS) is 12.5. The third kappa shape index (κ3) is 9.59. The highest BCUT2D eigenvalue weighted by Crippen LogP contribution is 2.69. The first-order chi connectivity index (χ1) is 21.5. The van der Waals surface area contributed by atoms with E-state index in [2.05, 4.69) is 5.32 Å². The Morgan fingerprint density at radius 2 is 1.50 bits per heavy atom. The zero-order chi connectivity index (χ0) is 34.2. The Hall–Kier alpha value is -3.83. The van der Waals surface area contributed by atoms with E-state index in [1.807, 2.05) is 13.8 Å². The van der Waals surface area contributed by atoms with Gasteiger partial charge in [0.1, 0.15) is 11.7 Å². The van der Waals surface area contributed by atoms with Crippen molar-refractivity contribution < 1.29 is 47.8 Å². The monoisotopic (exact) mass is 675 g/mol. The van der Waals surface area contributed by atoms with E-state index in [9.17, 15) is 43.1 Å². The molecule has 0 fully saturated rings. The number of ether oxygens (including phenoxy) is 1. The van der Waals surface area contributed by atoms with Crippen LogP contribution in [0.25, 0.3) is 0 Å². The number of hydrogen-bond donors (Lipinski definition) is 6. The number of nitrogens with two attached hydrogens (primary N) is 1. The summed E-state index contributed by atoms with van der Waals surface area (Å²) in [6, 6.07) is 18.5. The Labute approximate surface area is 267 Å². The number of carbonyl (C=O) groups excluding carboxylic acids is 3. The smallest absolute Gasteiger partial charge is 0.345 e. The summed E-state index contributed by atoms with van der Waals surface area (Å²) < 4.78 is 29.2. The number of anilines is 1. The number of benzene rings is 3. The predicted molar refractivity (Wildman–Crippen MR) is 172 cm³/mol. The highest BCUT2D eigenvalue weighted by atomic mass is 31.2. The quantitative estimate of drug-likeness (QED) is 0.101. The number of nitrogens with zero attached hydrogens (tertiary/aromatic N) is 1. The average Bonchev–Trinajstić information content (AvgIpc) is 2.97. The molecule has 3 aromatic carbocycles. The lowest BCUT2D eigenvalue weighted by Gasteiger charge is -2.27. The molecule has 1 atom stereocenters. The second-order valence-electron chi connectivity index (χ2n) is 11.0. The Morgan fingerprint density at radius 1 is 0.891 bits per heavy atom. The maximum absolute atomic E-state index is 14.0. The van der Waals surface area contributed by atoms with E-state index in [0.717, 1.165) is 0 Å². The van der Waals surface area contributed by atoms with Gasteiger partial charge in [-0.05, 0) is 54.2 Å². The van der Waals surface area contributed by atoms with Gasteiger partial charge < -0.3 is 40.3 Å². The minimum atomic E-state index is -5.15. The molecule has 0 aromatic heterocycles. The second-order valence-corrected chi connectivity index (χ2v) is 14.8. The first-order valence-corrected chi connectivity index (χ1v) is 17.8. The van der Waals surface area contributed by atoms with E-state index in [4.69, 9.17) is 10.5 Å². The van der Waals surface area contributed by atoms with Gasteiger partial charge in [-0.2, -0.15) is 0 Å². The number of primary amides is 1. The third-order valence-electron chi connectivity index (χ3n) is 6.96. The highest BCUT2D eigenvalue weighted by molar-refractivity contribution is 7.70. The van der Waals surface area contributed by atoms with Crippen molar-refractivity contribution >= 4 is 38.6 Å². The number of rotatable bonds is 15. The Balaban J connectivity index is 1.82. The predicted octanol–water partition coefficient (Wildman–Crippen LogP) is 3.67. The minimum absolute atomic E-state index is 0.0784. The first kappa shape index (κ1) is 36.6. The fraction of sp³-hybridized carbons (Fsp3) is 0.323. The van der Waals surface area contributed by atoms with Crippen LogP contribution >= 0.6 is 15.2 Å². The Morgan fingerprint density at radius 3 is 2.02 bits per heavy atom. The van der Waals surface area contributed by atoms with Gasteiger partial charge in [-0.15, -0.1) is 0 Å². The molecule has 1 unspecified atom stereocenters. The van der Waals surface area contributed by atoms with Crippen LogP contribution in [0.4, 0.5) is 5.69 Å². The molecule has 13 nitrogen and oxygen atoms in total. The van der Waals surface area contributed by atoms with Gasteiger partial charge in [-0.1, -0.05) is 68.4 Å². The summed E-state index contributed by atoms with van der Waals surface area (Å²) in [5, 5.41) is 0.482. The van der Waals surface area contributed by atoms with Crippen LogP contribution in [0.5, 0.6) is 5.75 Å². The van der Waals surface area contributed by atoms with Gasteiger partial charge in [0.25, 0.3) is 5.91 Å². The molecule has 0 spiro atoms. The second kappa shape index (κ2) is 15.6. The summed E-state index contributed by atoms with van der Waals surface area (Å²) >= 11 is 0. The van der Waals surface area contributed by atoms with Gasteiger partial charge in [0.2, 0.25) is 11.8 Å². The third-order valence-corrected chi connectivity index (χ3v) is 10.6. The van der Waals surface area contributed by atoms with Crippen molar-refractivity contribution in [2.24, 2.45) is 11.7 Å². The van der Waals surface area contributed by atoms with Crippen molar-refractivity contribution in [2.45, 2.75) is 38.5 Å². The van der Waals surface area contributed by atoms with E-state index < -0.39 is 44.2 Å². The molecule has 0 aliphatic rings. The number of amides is 3. The maximum atomic E-state index is 14.0. The van der Waals surface area contributed by atoms with E-state index in [1.165, 1.54) is 35.2 Å². The van der Waals surface area contributed by atoms with Crippen LogP contribution in [-0.4, -0.2) is 57.0 Å². The maximum Gasteiger partial charge on any atom is 0.345 e. The van der Waals surface area contributed by atoms with Crippen molar-refractivity contribution in [2.75, 3.05) is 24.6 Å². The van der Waals surface area contributed by atoms with E-state index >= 15 is 0 Å². The number of likely N-dealkylation sites (N-methyl/N-ethyl adjacent to an activating group) is 1. The van der Waals surface area contributed by atoms with Crippen molar-refractivity contribution in [3.8, 4) is 5.75 Å². The topological polar surface area (TPSA) is 217 Å². The molecular formula is C31H39N3O10P2. The highest BCUT2D eigenvalue weighted by Gasteiger charge is 2.44. The van der Waals surface area contributed by atoms with Crippen molar-refractivity contribution in [3.63, 3.8) is 0 Å². The lowest BCUT2D eigenvalue weighted by atomic mass is 9.95. The van der Waals surface area contributed by atoms with Crippen molar-refractivity contribution in [1.82, 2.24) is 5.32 Å². The average molecular weight is 676 g/mol. The molecule has 0 aliphatic heterocycles. The van der Waals surface area contributed by atoms with Crippen molar-refractivity contribution in [3.05, 3.63) is 95.1 Å². The fourth-order valence-corrected chi connectivity index (χ4v) is 7.50. The summed E-state index contributed by atoms with van der Waals surface area (Å²) in [4.78, 5) is 79.0. The van der Waals surface area contributed by atoms with Crippen LogP contribution in [0.3, 0.4) is 0 Å². The first-order valence-electron chi connectivity index (χ1n) is 14.4. The molecule has 46 heavy (non-hydrogen) atoms. The summed E-state index contributed by atoms with van der Waals surface area (Å²) in [6.45, 7) is 6.27. The molecule has 0 heterocycles. The zero-order valence-corrected chi connectivity index (χ0v) is 27.4. The Kier molecular flexibility index (Phi) is 12.5. The molecule has 7 N–H and O–H groups in total. The molecule has 0 saturated heterocycles. The largest absolute Gasteiger partial charge is 0.492 e. The van der Waals surface area contributed by atoms with Gasteiger partial charge in [0.05, 0.1) is 12.2 Å². The minimum Gasteiger partial charge on any atom is -0.492 e. The summed E-state index contributed by atoms with van der Waals surface area (Å²) in [5.74, 6) is -2.60. The van der Waals surface area contributed by atoms with E-state index in [0.29, 0.717) is 23.4 Å². The lowest BCUT2D eigenvalue weighted by molar-refractivity contribution is -0.130. The summed E-state index contributed by atoms with van der Waals surface area (Å²) in [6.07, 6.45) is 0.246. The molecule has 3 amide bonds. The van der Waals surface area contributed by atoms with Crippen LogP contribution in [0.1, 0.15) is 59.1 Å². The zero-order valence-electron chi connectivity index (χ0n) is 25.6. The fourth-order valence-electron chi connectivity index (χ4n) is 4.81. The van der Waals surface area contributed by atoms with Gasteiger partial charge in [0.15, 0.2) is 5.40 Å². The molecule has 3 rings (SSSR count). The number of hydrogen-bond acceptors (Lipinski definition) is 6. The molecule has 248 valence electrons. The number of nitrogens with one attached hydrogen (secondary N) is 1. The standard InChI is InChI=1S/C31H39N3O10P2/c1-4-34(24-14-15-26(44-19-20(2)3)25(18-24)28(32)35)30(37)27(22-8-6-5-7-9-22)29(36)33-17-16-21-10-12-23(13-11-21)31(45(38,39)40)46(41,42)43/h5-15,18,20,27,31H,4,16-17,19H2,1-3H3,(H2,32,35)(H,33,36)(H2,38,39,40)(H2,41,42,43). The van der Waals surface area contributed by atoms with Crippen LogP contribution < -0.4 is 20.7 Å². The van der Waals surface area contributed by atoms with Crippen LogP contribution in [-0.2, 0) is 25.1 Å². The van der Waals surface area contributed by atoms with Crippen molar-refractivity contribution in [1.29, 1.82) is 0 Å². The molecule has 0 aliphatic carbocycles. The molecule has 0 radical (unpaired) electrons. The summed E-state index contributed by atoms with van der Waals surface area (Å²) in [7, 11) is -10.3. The lowest BCUT2D eigenvalue weighted by Crippen LogP contribution is -2.43. The molecule has 0 saturated carbocycles. The van der Waals surface area contributed by atoms with E-state index in [1.54, 1.807) is 49.4 Å². The SMILES string of the molecule is CCN(C(=O)C(C(=O)NCCc1ccc(C(P(=O)(O)O)P(=O)(O)O)cc1)c1ccccc1)c1ccc(OCC(C)C)c(C(N)=O)c1. The molecule has 0 bridgehead atoms. The Bertz CT molecular complexity index is 1600. The molecule has 3 aromatic rings. The van der Waals surface area contributed by atoms with Crippen LogP contribution in [0.2, 0.25) is 0 Å². The van der Waals surface area contributed by atoms with Crippen LogP contribution in [0, 0.1) is 5.92 Å². The summed E-state index contributed by atoms with van der Waals surface area (Å²) in [5.41, 5.74) is 6.91.